The number of benzene rings is 2. The molecule has 0 amide bonds. The van der Waals surface area contributed by atoms with Crippen LogP contribution in [0.15, 0.2) is 52.7 Å². The van der Waals surface area contributed by atoms with E-state index >= 15 is 4.39 Å². The van der Waals surface area contributed by atoms with Crippen LogP contribution in [0.3, 0.4) is 0 Å². The molecule has 1 aromatic heterocycles. The van der Waals surface area contributed by atoms with Crippen molar-refractivity contribution in [1.82, 2.24) is 4.31 Å². The quantitative estimate of drug-likeness (QED) is 0.274. The summed E-state index contributed by atoms with van der Waals surface area (Å²) in [6.07, 6.45) is -4.17. The fourth-order valence-corrected chi connectivity index (χ4v) is 7.31. The van der Waals surface area contributed by atoms with E-state index in [9.17, 15) is 30.8 Å². The molecule has 2 heterocycles. The van der Waals surface area contributed by atoms with E-state index in [0.717, 1.165) is 52.0 Å². The van der Waals surface area contributed by atoms with Gasteiger partial charge in [0.15, 0.2) is 23.2 Å². The molecule has 0 spiro atoms. The number of aryl methyl sites for hydroxylation is 1. The number of ketones is 1. The van der Waals surface area contributed by atoms with Crippen molar-refractivity contribution in [3.8, 4) is 11.5 Å². The van der Waals surface area contributed by atoms with E-state index in [4.69, 9.17) is 16.3 Å². The van der Waals surface area contributed by atoms with E-state index < -0.39 is 51.0 Å². The minimum absolute atomic E-state index is 0.0202. The fourth-order valence-electron chi connectivity index (χ4n) is 4.02. The molecule has 198 valence electrons. The minimum Gasteiger partial charge on any atom is -0.451 e. The molecule has 0 unspecified atom stereocenters. The van der Waals surface area contributed by atoms with Crippen LogP contribution in [-0.4, -0.2) is 31.1 Å². The number of alkyl halides is 3. The maximum absolute atomic E-state index is 15.0. The number of halogens is 6. The van der Waals surface area contributed by atoms with E-state index in [1.165, 1.54) is 12.1 Å². The van der Waals surface area contributed by atoms with Crippen LogP contribution in [0.4, 0.5) is 22.0 Å². The lowest BCUT2D eigenvalue weighted by Gasteiger charge is -2.22. The van der Waals surface area contributed by atoms with Gasteiger partial charge >= 0.3 is 6.18 Å². The Morgan fingerprint density at radius 1 is 1.08 bits per heavy atom. The third kappa shape index (κ3) is 5.97. The largest absolute Gasteiger partial charge is 0.451 e. The zero-order valence-corrected chi connectivity index (χ0v) is 21.3. The van der Waals surface area contributed by atoms with Crippen LogP contribution in [0.2, 0.25) is 4.34 Å². The number of hydrogen-bond donors (Lipinski definition) is 0. The predicted molar refractivity (Wildman–Crippen MR) is 127 cm³/mol. The van der Waals surface area contributed by atoms with Crippen molar-refractivity contribution in [3.05, 3.63) is 75.6 Å². The van der Waals surface area contributed by atoms with Gasteiger partial charge in [0.2, 0.25) is 0 Å². The average molecular weight is 580 g/mol. The highest BCUT2D eigenvalue weighted by molar-refractivity contribution is 7.91. The lowest BCUT2D eigenvalue weighted by molar-refractivity contribution is -0.137. The van der Waals surface area contributed by atoms with Crippen LogP contribution in [0.1, 0.15) is 30.4 Å². The summed E-state index contributed by atoms with van der Waals surface area (Å²) in [6.45, 7) is 0.157. The molecule has 0 radical (unpaired) electrons. The summed E-state index contributed by atoms with van der Waals surface area (Å²) in [6, 6.07) is 7.28. The molecule has 0 aliphatic carbocycles. The Labute approximate surface area is 218 Å². The molecule has 1 aliphatic rings. The van der Waals surface area contributed by atoms with Gasteiger partial charge in [-0.3, -0.25) is 4.79 Å². The van der Waals surface area contributed by atoms with Gasteiger partial charge in [-0.25, -0.2) is 17.2 Å². The summed E-state index contributed by atoms with van der Waals surface area (Å²) in [4.78, 5) is 12.9. The monoisotopic (exact) mass is 579 g/mol. The number of sulfonamides is 1. The first kappa shape index (κ1) is 27.5. The molecule has 0 bridgehead atoms. The molecule has 1 atom stereocenters. The Kier molecular flexibility index (Phi) is 7.93. The van der Waals surface area contributed by atoms with Gasteiger partial charge in [-0.2, -0.15) is 17.5 Å². The molecule has 13 heteroatoms. The van der Waals surface area contributed by atoms with E-state index in [1.54, 1.807) is 0 Å². The van der Waals surface area contributed by atoms with Gasteiger partial charge in [-0.15, -0.1) is 11.3 Å². The first-order valence-electron chi connectivity index (χ1n) is 11.0. The van der Waals surface area contributed by atoms with E-state index in [2.05, 4.69) is 0 Å². The lowest BCUT2D eigenvalue weighted by Crippen LogP contribution is -2.40. The second kappa shape index (κ2) is 10.7. The number of hydrogen-bond acceptors (Lipinski definition) is 5. The predicted octanol–water partition coefficient (Wildman–Crippen LogP) is 6.85. The molecular formula is C24H19ClF5NO4S2. The Hall–Kier alpha value is -2.54. The van der Waals surface area contributed by atoms with E-state index in [1.807, 2.05) is 0 Å². The molecular weight excluding hydrogens is 561 g/mol. The number of rotatable bonds is 8. The van der Waals surface area contributed by atoms with Crippen LogP contribution in [0, 0.1) is 11.6 Å². The van der Waals surface area contributed by atoms with Crippen molar-refractivity contribution in [2.45, 2.75) is 42.1 Å². The molecule has 0 saturated carbocycles. The normalized spacial score (nSPS) is 16.8. The summed E-state index contributed by atoms with van der Waals surface area (Å²) >= 11 is 6.74. The summed E-state index contributed by atoms with van der Waals surface area (Å²) < 4.78 is 100. The summed E-state index contributed by atoms with van der Waals surface area (Å²) in [5.41, 5.74) is -1.01. The second-order valence-corrected chi connectivity index (χ2v) is 12.1. The van der Waals surface area contributed by atoms with Crippen molar-refractivity contribution in [2.24, 2.45) is 0 Å². The van der Waals surface area contributed by atoms with E-state index in [-0.39, 0.29) is 34.9 Å². The third-order valence-electron chi connectivity index (χ3n) is 5.86. The molecule has 1 aliphatic heterocycles. The van der Waals surface area contributed by atoms with Crippen molar-refractivity contribution >= 4 is 38.7 Å². The van der Waals surface area contributed by atoms with Crippen LogP contribution < -0.4 is 4.74 Å². The standard InChI is InChI=1S/C24H19ClF5NO4S2/c25-20-11-12-21(36-20)37(33,34)31-13-1-2-18(31)19(32)10-4-14-3-9-17(26)23(22(14)27)35-16-7-5-15(6-8-16)24(28,29)30/h3,5-9,11-12,18H,1-2,4,10,13H2/t18-/m0/s1. The highest BCUT2D eigenvalue weighted by Crippen LogP contribution is 2.35. The first-order chi connectivity index (χ1) is 17.4. The molecule has 4 rings (SSSR count). The highest BCUT2D eigenvalue weighted by atomic mass is 35.5. The van der Waals surface area contributed by atoms with Crippen LogP contribution in [0.25, 0.3) is 0 Å². The Bertz CT molecular complexity index is 1410. The molecule has 0 N–H and O–H groups in total. The number of ether oxygens (including phenoxy) is 1. The number of thiophene rings is 1. The highest BCUT2D eigenvalue weighted by Gasteiger charge is 2.39. The van der Waals surface area contributed by atoms with Crippen molar-refractivity contribution in [2.75, 3.05) is 6.54 Å². The minimum atomic E-state index is -4.58. The van der Waals surface area contributed by atoms with Crippen LogP contribution >= 0.6 is 22.9 Å². The third-order valence-corrected chi connectivity index (χ3v) is 9.46. The van der Waals surface area contributed by atoms with Crippen LogP contribution in [0.5, 0.6) is 11.5 Å². The zero-order chi connectivity index (χ0) is 27.0. The average Bonchev–Trinajstić information content (AvgIpc) is 3.51. The first-order valence-corrected chi connectivity index (χ1v) is 13.6. The Balaban J connectivity index is 1.47. The Morgan fingerprint density at radius 2 is 1.78 bits per heavy atom. The topological polar surface area (TPSA) is 63.7 Å². The second-order valence-electron chi connectivity index (χ2n) is 8.27. The summed E-state index contributed by atoms with van der Waals surface area (Å²) in [5, 5.41) is 0. The lowest BCUT2D eigenvalue weighted by atomic mass is 10.0. The van der Waals surface area contributed by atoms with Crippen molar-refractivity contribution in [1.29, 1.82) is 0 Å². The number of carbonyl (C=O) groups excluding carboxylic acids is 1. The Morgan fingerprint density at radius 3 is 2.41 bits per heavy atom. The van der Waals surface area contributed by atoms with Crippen LogP contribution in [-0.2, 0) is 27.4 Å². The van der Waals surface area contributed by atoms with E-state index in [0.29, 0.717) is 17.2 Å². The fraction of sp³-hybridized carbons (Fsp3) is 0.292. The summed E-state index contributed by atoms with van der Waals surface area (Å²) in [5.74, 6) is -3.62. The van der Waals surface area contributed by atoms with Gasteiger partial charge in [-0.1, -0.05) is 17.7 Å². The van der Waals surface area contributed by atoms with Gasteiger partial charge in [0, 0.05) is 13.0 Å². The molecule has 3 aromatic rings. The van der Waals surface area contributed by atoms with Gasteiger partial charge < -0.3 is 4.74 Å². The molecule has 2 aromatic carbocycles. The SMILES string of the molecule is O=C(CCc1ccc(F)c(Oc2ccc(C(F)(F)F)cc2)c1F)[C@@H]1CCCN1S(=O)(=O)c1ccc(Cl)s1. The zero-order valence-electron chi connectivity index (χ0n) is 18.9. The molecule has 37 heavy (non-hydrogen) atoms. The number of Topliss-reactive ketones (excluding diaryl/α,β-unsaturated/α-hetero) is 1. The maximum Gasteiger partial charge on any atom is 0.416 e. The van der Waals surface area contributed by atoms with Crippen molar-refractivity contribution in [3.63, 3.8) is 0 Å². The molecule has 5 nitrogen and oxygen atoms in total. The molecule has 1 fully saturated rings. The number of nitrogens with zero attached hydrogens (tertiary/aromatic N) is 1. The maximum atomic E-state index is 15.0. The van der Waals surface area contributed by atoms with Crippen molar-refractivity contribution < 1.29 is 39.9 Å². The number of carbonyl (C=O) groups is 1. The van der Waals surface area contributed by atoms with Gasteiger partial charge in [0.05, 0.1) is 15.9 Å². The summed E-state index contributed by atoms with van der Waals surface area (Å²) in [7, 11) is -3.93. The smallest absolute Gasteiger partial charge is 0.416 e. The molecule has 1 saturated heterocycles. The van der Waals surface area contributed by atoms with Gasteiger partial charge in [-0.05, 0) is 67.3 Å². The van der Waals surface area contributed by atoms with Gasteiger partial charge in [0.1, 0.15) is 9.96 Å². The van der Waals surface area contributed by atoms with Gasteiger partial charge in [0.25, 0.3) is 10.0 Å².